The Labute approximate surface area is 153 Å². The van der Waals surface area contributed by atoms with E-state index in [1.807, 2.05) is 33.7 Å². The number of carbonyl (C=O) groups excluding carboxylic acids is 1. The van der Waals surface area contributed by atoms with Gasteiger partial charge >= 0.3 is 0 Å². The average Bonchev–Trinajstić information content (AvgIpc) is 3.24. The van der Waals surface area contributed by atoms with Crippen molar-refractivity contribution in [3.8, 4) is 0 Å². The number of rotatable bonds is 7. The van der Waals surface area contributed by atoms with Crippen LogP contribution in [0.2, 0.25) is 0 Å². The molecule has 2 unspecified atom stereocenters. The molecule has 24 heavy (non-hydrogen) atoms. The third-order valence-electron chi connectivity index (χ3n) is 4.85. The van der Waals surface area contributed by atoms with Crippen LogP contribution in [0.3, 0.4) is 0 Å². The van der Waals surface area contributed by atoms with Crippen molar-refractivity contribution in [3.63, 3.8) is 0 Å². The second-order valence-electron chi connectivity index (χ2n) is 7.01. The van der Waals surface area contributed by atoms with E-state index in [1.54, 1.807) is 0 Å². The number of hydrogen-bond donors (Lipinski definition) is 1. The van der Waals surface area contributed by atoms with Crippen molar-refractivity contribution in [2.24, 2.45) is 5.92 Å². The molecule has 0 spiro atoms. The highest BCUT2D eigenvalue weighted by molar-refractivity contribution is 8.77. The van der Waals surface area contributed by atoms with Crippen LogP contribution in [0.4, 0.5) is 11.4 Å². The molecule has 1 N–H and O–H groups in total. The highest BCUT2D eigenvalue weighted by Crippen LogP contribution is 2.39. The minimum absolute atomic E-state index is 0.144. The van der Waals surface area contributed by atoms with Gasteiger partial charge in [0.25, 0.3) is 0 Å². The topological polar surface area (TPSA) is 32.3 Å². The molecule has 2 saturated heterocycles. The zero-order valence-electron chi connectivity index (χ0n) is 14.5. The van der Waals surface area contributed by atoms with Crippen LogP contribution in [-0.2, 0) is 4.79 Å². The van der Waals surface area contributed by atoms with Gasteiger partial charge in [0, 0.05) is 41.9 Å². The lowest BCUT2D eigenvalue weighted by atomic mass is 10.1. The van der Waals surface area contributed by atoms with Crippen LogP contribution >= 0.6 is 21.6 Å². The Kier molecular flexibility index (Phi) is 6.78. The second kappa shape index (κ2) is 9.04. The summed E-state index contributed by atoms with van der Waals surface area (Å²) in [6, 6.07) is 8.32. The number of amides is 1. The van der Waals surface area contributed by atoms with Gasteiger partial charge in [-0.1, -0.05) is 34.9 Å². The highest BCUT2D eigenvalue weighted by atomic mass is 33.1. The Morgan fingerprint density at radius 2 is 2.08 bits per heavy atom. The lowest BCUT2D eigenvalue weighted by Gasteiger charge is -2.18. The summed E-state index contributed by atoms with van der Waals surface area (Å²) in [7, 11) is 4.02. The van der Waals surface area contributed by atoms with Crippen molar-refractivity contribution in [1.82, 2.24) is 0 Å². The maximum absolute atomic E-state index is 12.1. The van der Waals surface area contributed by atoms with E-state index in [0.717, 1.165) is 42.8 Å². The number of benzene rings is 1. The minimum Gasteiger partial charge on any atom is -0.371 e. The van der Waals surface area contributed by atoms with Crippen molar-refractivity contribution < 1.29 is 4.79 Å². The van der Waals surface area contributed by atoms with E-state index >= 15 is 0 Å². The summed E-state index contributed by atoms with van der Waals surface area (Å²) in [4.78, 5) is 14.5. The minimum atomic E-state index is 0.144. The molecular formula is C19H28N2OS2. The quantitative estimate of drug-likeness (QED) is 0.533. The van der Waals surface area contributed by atoms with Gasteiger partial charge in [0.05, 0.1) is 0 Å². The molecule has 2 aliphatic rings. The first-order chi connectivity index (χ1) is 11.7. The normalized spacial score (nSPS) is 23.6. The van der Waals surface area contributed by atoms with E-state index in [0.29, 0.717) is 6.42 Å². The van der Waals surface area contributed by atoms with E-state index in [1.165, 1.54) is 30.7 Å². The first-order valence-electron chi connectivity index (χ1n) is 9.14. The number of nitrogens with one attached hydrogen (secondary N) is 1. The monoisotopic (exact) mass is 364 g/mol. The zero-order chi connectivity index (χ0) is 16.8. The standard InChI is InChI=1S/C19H28N2OS2/c1-15-10-12-21(14-15)17-8-6-16(7-9-17)20-19(22)5-3-2-4-18-11-13-23-24-18/h6-9,15,18H,2-5,10-14H2,1H3,(H,20,22). The first kappa shape index (κ1) is 18.0. The van der Waals surface area contributed by atoms with Crippen LogP contribution in [-0.4, -0.2) is 30.0 Å². The fraction of sp³-hybridized carbons (Fsp3) is 0.632. The van der Waals surface area contributed by atoms with Crippen molar-refractivity contribution in [2.45, 2.75) is 50.7 Å². The average molecular weight is 365 g/mol. The molecule has 5 heteroatoms. The molecule has 1 amide bonds. The molecule has 3 nitrogen and oxygen atoms in total. The van der Waals surface area contributed by atoms with Gasteiger partial charge in [-0.2, -0.15) is 0 Å². The molecular weight excluding hydrogens is 336 g/mol. The van der Waals surface area contributed by atoms with Gasteiger partial charge in [-0.15, -0.1) is 0 Å². The Hall–Kier alpha value is -0.810. The molecule has 3 rings (SSSR count). The van der Waals surface area contributed by atoms with Crippen LogP contribution in [0.1, 0.15) is 45.4 Å². The maximum Gasteiger partial charge on any atom is 0.224 e. The molecule has 2 aliphatic heterocycles. The lowest BCUT2D eigenvalue weighted by molar-refractivity contribution is -0.116. The molecule has 0 aromatic heterocycles. The van der Waals surface area contributed by atoms with Crippen LogP contribution < -0.4 is 10.2 Å². The second-order valence-corrected chi connectivity index (χ2v) is 9.80. The van der Waals surface area contributed by atoms with E-state index in [2.05, 4.69) is 29.3 Å². The fourth-order valence-electron chi connectivity index (χ4n) is 3.37. The number of carbonyl (C=O) groups is 1. The summed E-state index contributed by atoms with van der Waals surface area (Å²) < 4.78 is 0. The van der Waals surface area contributed by atoms with Crippen molar-refractivity contribution in [3.05, 3.63) is 24.3 Å². The predicted octanol–water partition coefficient (Wildman–Crippen LogP) is 5.19. The van der Waals surface area contributed by atoms with E-state index in [-0.39, 0.29) is 5.91 Å². The van der Waals surface area contributed by atoms with E-state index in [4.69, 9.17) is 0 Å². The largest absolute Gasteiger partial charge is 0.371 e. The Morgan fingerprint density at radius 1 is 1.25 bits per heavy atom. The molecule has 0 radical (unpaired) electrons. The van der Waals surface area contributed by atoms with Gasteiger partial charge < -0.3 is 10.2 Å². The molecule has 1 aromatic rings. The van der Waals surface area contributed by atoms with Gasteiger partial charge in [-0.3, -0.25) is 4.79 Å². The van der Waals surface area contributed by atoms with Gasteiger partial charge in [0.2, 0.25) is 5.91 Å². The molecule has 1 aromatic carbocycles. The lowest BCUT2D eigenvalue weighted by Crippen LogP contribution is -2.19. The third kappa shape index (κ3) is 5.35. The molecule has 132 valence electrons. The van der Waals surface area contributed by atoms with Gasteiger partial charge in [0.1, 0.15) is 0 Å². The summed E-state index contributed by atoms with van der Waals surface area (Å²) in [5.74, 6) is 2.22. The zero-order valence-corrected chi connectivity index (χ0v) is 16.1. The number of unbranched alkanes of at least 4 members (excludes halogenated alkanes) is 1. The van der Waals surface area contributed by atoms with Crippen LogP contribution in [0.15, 0.2) is 24.3 Å². The summed E-state index contributed by atoms with van der Waals surface area (Å²) in [6.45, 7) is 4.59. The van der Waals surface area contributed by atoms with Crippen LogP contribution in [0.25, 0.3) is 0 Å². The van der Waals surface area contributed by atoms with Gasteiger partial charge in [0.15, 0.2) is 0 Å². The number of hydrogen-bond acceptors (Lipinski definition) is 4. The van der Waals surface area contributed by atoms with Crippen LogP contribution in [0, 0.1) is 5.92 Å². The van der Waals surface area contributed by atoms with Gasteiger partial charge in [-0.25, -0.2) is 0 Å². The maximum atomic E-state index is 12.1. The first-order valence-corrected chi connectivity index (χ1v) is 11.5. The summed E-state index contributed by atoms with van der Waals surface area (Å²) in [6.07, 6.45) is 6.67. The summed E-state index contributed by atoms with van der Waals surface area (Å²) >= 11 is 0. The predicted molar refractivity (Wildman–Crippen MR) is 108 cm³/mol. The Balaban J connectivity index is 1.36. The van der Waals surface area contributed by atoms with Crippen molar-refractivity contribution in [1.29, 1.82) is 0 Å². The van der Waals surface area contributed by atoms with Gasteiger partial charge in [-0.05, 0) is 55.9 Å². The third-order valence-corrected chi connectivity index (χ3v) is 7.85. The molecule has 2 atom stereocenters. The highest BCUT2D eigenvalue weighted by Gasteiger charge is 2.19. The summed E-state index contributed by atoms with van der Waals surface area (Å²) in [5, 5.41) is 3.85. The van der Waals surface area contributed by atoms with Crippen LogP contribution in [0.5, 0.6) is 0 Å². The molecule has 0 bridgehead atoms. The van der Waals surface area contributed by atoms with Crippen molar-refractivity contribution in [2.75, 3.05) is 29.1 Å². The van der Waals surface area contributed by atoms with E-state index < -0.39 is 0 Å². The number of anilines is 2. The smallest absolute Gasteiger partial charge is 0.224 e. The fourth-order valence-corrected chi connectivity index (χ4v) is 6.40. The molecule has 2 heterocycles. The van der Waals surface area contributed by atoms with Crippen molar-refractivity contribution >= 4 is 38.9 Å². The van der Waals surface area contributed by atoms with E-state index in [9.17, 15) is 4.79 Å². The Morgan fingerprint density at radius 3 is 2.75 bits per heavy atom. The SMILES string of the molecule is CC1CCN(c2ccc(NC(=O)CCCCC3CCSS3)cc2)C1. The number of nitrogens with zero attached hydrogens (tertiary/aromatic N) is 1. The summed E-state index contributed by atoms with van der Waals surface area (Å²) in [5.41, 5.74) is 2.18. The molecule has 0 aliphatic carbocycles. The molecule has 0 saturated carbocycles. The molecule has 2 fully saturated rings. The Bertz CT molecular complexity index is 529.